The van der Waals surface area contributed by atoms with Crippen LogP contribution in [0.1, 0.15) is 21.6 Å². The van der Waals surface area contributed by atoms with Crippen molar-refractivity contribution >= 4 is 5.78 Å². The van der Waals surface area contributed by atoms with E-state index in [2.05, 4.69) is 4.98 Å². The van der Waals surface area contributed by atoms with Crippen LogP contribution in [0.3, 0.4) is 0 Å². The monoisotopic (exact) mass is 229 g/mol. The fourth-order valence-corrected chi connectivity index (χ4v) is 1.61. The number of aromatic nitrogens is 1. The number of pyridine rings is 1. The molecule has 0 atom stereocenters. The van der Waals surface area contributed by atoms with Gasteiger partial charge in [0.1, 0.15) is 5.82 Å². The lowest BCUT2D eigenvalue weighted by atomic mass is 10.0. The van der Waals surface area contributed by atoms with Gasteiger partial charge in [-0.05, 0) is 36.8 Å². The molecule has 0 amide bonds. The maximum absolute atomic E-state index is 12.7. The molecular weight excluding hydrogens is 217 g/mol. The predicted octanol–water partition coefficient (Wildman–Crippen LogP) is 2.95. The van der Waals surface area contributed by atoms with Gasteiger partial charge in [0, 0.05) is 23.9 Å². The van der Waals surface area contributed by atoms with E-state index in [1.54, 1.807) is 30.5 Å². The average molecular weight is 229 g/mol. The third-order valence-corrected chi connectivity index (χ3v) is 2.50. The number of nitrogens with zero attached hydrogens (tertiary/aromatic N) is 1. The minimum atomic E-state index is -0.291. The summed E-state index contributed by atoms with van der Waals surface area (Å²) in [5.74, 6) is -0.275. The van der Waals surface area contributed by atoms with E-state index in [-0.39, 0.29) is 18.0 Å². The number of aryl methyl sites for hydroxylation is 1. The molecule has 2 aromatic rings. The molecular formula is C14H12FNO. The lowest BCUT2D eigenvalue weighted by molar-refractivity contribution is 0.0992. The summed E-state index contributed by atoms with van der Waals surface area (Å²) in [6, 6.07) is 9.42. The number of rotatable bonds is 3. The number of Topliss-reactive ketones (excluding diaryl/α,β-unsaturated/α-hetero) is 1. The van der Waals surface area contributed by atoms with Gasteiger partial charge in [-0.1, -0.05) is 12.1 Å². The molecule has 0 saturated carbocycles. The van der Waals surface area contributed by atoms with Crippen LogP contribution in [0.25, 0.3) is 0 Å². The van der Waals surface area contributed by atoms with Crippen molar-refractivity contribution in [3.63, 3.8) is 0 Å². The number of carbonyl (C=O) groups excluding carboxylic acids is 1. The molecule has 0 N–H and O–H groups in total. The Hall–Kier alpha value is -2.03. The number of hydrogen-bond acceptors (Lipinski definition) is 2. The van der Waals surface area contributed by atoms with Crippen LogP contribution in [0, 0.1) is 12.7 Å². The summed E-state index contributed by atoms with van der Waals surface area (Å²) >= 11 is 0. The first-order valence-electron chi connectivity index (χ1n) is 5.35. The number of ketones is 1. The van der Waals surface area contributed by atoms with Gasteiger partial charge in [-0.2, -0.15) is 0 Å². The zero-order chi connectivity index (χ0) is 12.3. The molecule has 2 rings (SSSR count). The maximum Gasteiger partial charge on any atom is 0.167 e. The third-order valence-electron chi connectivity index (χ3n) is 2.50. The van der Waals surface area contributed by atoms with Gasteiger partial charge < -0.3 is 0 Å². The van der Waals surface area contributed by atoms with E-state index in [1.807, 2.05) is 6.92 Å². The fraction of sp³-hybridized carbons (Fsp3) is 0.143. The Labute approximate surface area is 99.1 Å². The van der Waals surface area contributed by atoms with Gasteiger partial charge in [0.2, 0.25) is 0 Å². The molecule has 0 unspecified atom stereocenters. The summed E-state index contributed by atoms with van der Waals surface area (Å²) in [6.45, 7) is 1.84. The molecule has 1 aromatic heterocycles. The molecule has 0 bridgehead atoms. The van der Waals surface area contributed by atoms with Gasteiger partial charge in [-0.25, -0.2) is 4.39 Å². The second-order valence-electron chi connectivity index (χ2n) is 3.91. The van der Waals surface area contributed by atoms with Crippen molar-refractivity contribution in [3.8, 4) is 0 Å². The molecule has 0 saturated heterocycles. The van der Waals surface area contributed by atoms with Gasteiger partial charge in [0.25, 0.3) is 0 Å². The van der Waals surface area contributed by atoms with Crippen molar-refractivity contribution in [2.45, 2.75) is 13.3 Å². The summed E-state index contributed by atoms with van der Waals surface area (Å²) in [7, 11) is 0. The first-order valence-corrected chi connectivity index (χ1v) is 5.35. The first-order chi connectivity index (χ1) is 8.15. The molecule has 0 spiro atoms. The zero-order valence-electron chi connectivity index (χ0n) is 9.48. The van der Waals surface area contributed by atoms with Gasteiger partial charge in [-0.15, -0.1) is 0 Å². The molecule has 0 aliphatic heterocycles. The van der Waals surface area contributed by atoms with Crippen molar-refractivity contribution in [1.82, 2.24) is 4.98 Å². The van der Waals surface area contributed by atoms with Crippen molar-refractivity contribution in [2.24, 2.45) is 0 Å². The summed E-state index contributed by atoms with van der Waals surface area (Å²) < 4.78 is 12.7. The summed E-state index contributed by atoms with van der Waals surface area (Å²) in [6.07, 6.45) is 1.90. The van der Waals surface area contributed by atoms with Gasteiger partial charge >= 0.3 is 0 Å². The highest BCUT2D eigenvalue weighted by Gasteiger charge is 2.07. The molecule has 3 heteroatoms. The van der Waals surface area contributed by atoms with Crippen LogP contribution in [-0.2, 0) is 6.42 Å². The summed E-state index contributed by atoms with van der Waals surface area (Å²) in [5.41, 5.74) is 2.27. The molecule has 0 aliphatic rings. The van der Waals surface area contributed by atoms with Crippen LogP contribution in [0.15, 0.2) is 42.6 Å². The van der Waals surface area contributed by atoms with Crippen molar-refractivity contribution in [2.75, 3.05) is 0 Å². The van der Waals surface area contributed by atoms with Crippen LogP contribution >= 0.6 is 0 Å². The van der Waals surface area contributed by atoms with Gasteiger partial charge in [-0.3, -0.25) is 9.78 Å². The zero-order valence-corrected chi connectivity index (χ0v) is 9.48. The van der Waals surface area contributed by atoms with Crippen LogP contribution in [-0.4, -0.2) is 10.8 Å². The molecule has 1 heterocycles. The van der Waals surface area contributed by atoms with Crippen molar-refractivity contribution in [1.29, 1.82) is 0 Å². The number of halogens is 1. The van der Waals surface area contributed by atoms with Crippen molar-refractivity contribution in [3.05, 3.63) is 65.2 Å². The number of hydrogen-bond donors (Lipinski definition) is 0. The Morgan fingerprint density at radius 2 is 1.94 bits per heavy atom. The highest BCUT2D eigenvalue weighted by Crippen LogP contribution is 2.09. The Morgan fingerprint density at radius 1 is 1.24 bits per heavy atom. The van der Waals surface area contributed by atoms with E-state index in [1.165, 1.54) is 12.1 Å². The predicted molar refractivity (Wildman–Crippen MR) is 63.4 cm³/mol. The second kappa shape index (κ2) is 4.87. The van der Waals surface area contributed by atoms with Gasteiger partial charge in [0.15, 0.2) is 5.78 Å². The molecule has 0 aliphatic carbocycles. The lowest BCUT2D eigenvalue weighted by Crippen LogP contribution is -2.04. The quantitative estimate of drug-likeness (QED) is 0.757. The molecule has 0 fully saturated rings. The minimum absolute atomic E-state index is 0.0158. The Bertz CT molecular complexity index is 534. The van der Waals surface area contributed by atoms with E-state index >= 15 is 0 Å². The highest BCUT2D eigenvalue weighted by molar-refractivity contribution is 5.97. The number of benzene rings is 1. The summed E-state index contributed by atoms with van der Waals surface area (Å²) in [5, 5.41) is 0. The van der Waals surface area contributed by atoms with Crippen LogP contribution < -0.4 is 0 Å². The van der Waals surface area contributed by atoms with Crippen molar-refractivity contribution < 1.29 is 9.18 Å². The molecule has 2 nitrogen and oxygen atoms in total. The Balaban J connectivity index is 2.14. The Kier molecular flexibility index (Phi) is 3.28. The topological polar surface area (TPSA) is 30.0 Å². The van der Waals surface area contributed by atoms with Gasteiger partial charge in [0.05, 0.1) is 0 Å². The second-order valence-corrected chi connectivity index (χ2v) is 3.91. The highest BCUT2D eigenvalue weighted by atomic mass is 19.1. The SMILES string of the molecule is Cc1cc(C(=O)Cc2ccc(F)cc2)ccn1. The minimum Gasteiger partial charge on any atom is -0.294 e. The fourth-order valence-electron chi connectivity index (χ4n) is 1.61. The molecule has 0 radical (unpaired) electrons. The van der Waals surface area contributed by atoms with E-state index in [9.17, 15) is 9.18 Å². The molecule has 17 heavy (non-hydrogen) atoms. The van der Waals surface area contributed by atoms with E-state index in [0.717, 1.165) is 11.3 Å². The number of carbonyl (C=O) groups is 1. The van der Waals surface area contributed by atoms with E-state index < -0.39 is 0 Å². The lowest BCUT2D eigenvalue weighted by Gasteiger charge is -2.02. The standard InChI is InChI=1S/C14H12FNO/c1-10-8-12(6-7-16-10)14(17)9-11-2-4-13(15)5-3-11/h2-8H,9H2,1H3. The largest absolute Gasteiger partial charge is 0.294 e. The molecule has 86 valence electrons. The average Bonchev–Trinajstić information content (AvgIpc) is 2.32. The third kappa shape index (κ3) is 2.97. The summed E-state index contributed by atoms with van der Waals surface area (Å²) in [4.78, 5) is 16.0. The first kappa shape index (κ1) is 11.5. The maximum atomic E-state index is 12.7. The normalized spacial score (nSPS) is 10.2. The van der Waals surface area contributed by atoms with Crippen LogP contribution in [0.2, 0.25) is 0 Å². The van der Waals surface area contributed by atoms with E-state index in [0.29, 0.717) is 5.56 Å². The van der Waals surface area contributed by atoms with E-state index in [4.69, 9.17) is 0 Å². The van der Waals surface area contributed by atoms with Crippen LogP contribution in [0.5, 0.6) is 0 Å². The smallest absolute Gasteiger partial charge is 0.167 e. The molecule has 1 aromatic carbocycles. The Morgan fingerprint density at radius 3 is 2.59 bits per heavy atom. The van der Waals surface area contributed by atoms with Crippen LogP contribution in [0.4, 0.5) is 4.39 Å².